The molecule has 0 radical (unpaired) electrons. The predicted molar refractivity (Wildman–Crippen MR) is 96.8 cm³/mol. The van der Waals surface area contributed by atoms with Crippen LogP contribution in [-0.2, 0) is 14.4 Å². The van der Waals surface area contributed by atoms with Crippen LogP contribution < -0.4 is 10.2 Å². The molecule has 3 aliphatic rings. The lowest BCUT2D eigenvalue weighted by molar-refractivity contribution is -0.133. The van der Waals surface area contributed by atoms with Crippen molar-refractivity contribution in [3.63, 3.8) is 0 Å². The lowest BCUT2D eigenvalue weighted by Gasteiger charge is -2.48. The van der Waals surface area contributed by atoms with E-state index in [0.29, 0.717) is 43.7 Å². The van der Waals surface area contributed by atoms with Gasteiger partial charge < -0.3 is 15.1 Å². The van der Waals surface area contributed by atoms with Crippen LogP contribution in [0.1, 0.15) is 36.5 Å². The Morgan fingerprint density at radius 2 is 1.93 bits per heavy atom. The molecule has 0 aliphatic carbocycles. The molecular weight excluding hydrogens is 348 g/mol. The second kappa shape index (κ2) is 6.37. The molecule has 1 atom stereocenters. The number of benzene rings is 1. The Kier molecular flexibility index (Phi) is 4.13. The van der Waals surface area contributed by atoms with Crippen molar-refractivity contribution in [2.45, 2.75) is 31.8 Å². The predicted octanol–water partition coefficient (Wildman–Crippen LogP) is 0.334. The quantitative estimate of drug-likeness (QED) is 0.813. The van der Waals surface area contributed by atoms with Crippen LogP contribution in [0, 0.1) is 0 Å². The number of nitrogens with zero attached hydrogens (tertiary/aromatic N) is 3. The van der Waals surface area contributed by atoms with Gasteiger partial charge in [0, 0.05) is 32.5 Å². The van der Waals surface area contributed by atoms with Crippen molar-refractivity contribution >= 4 is 29.3 Å². The highest BCUT2D eigenvalue weighted by Gasteiger charge is 2.53. The van der Waals surface area contributed by atoms with Crippen molar-refractivity contribution in [1.29, 1.82) is 0 Å². The molecule has 3 aliphatic heterocycles. The average molecular weight is 370 g/mol. The summed E-state index contributed by atoms with van der Waals surface area (Å²) in [5.41, 5.74) is 0.199. The summed E-state index contributed by atoms with van der Waals surface area (Å²) in [6.07, 6.45) is 1.08. The molecule has 0 spiro atoms. The summed E-state index contributed by atoms with van der Waals surface area (Å²) in [4.78, 5) is 54.9. The van der Waals surface area contributed by atoms with Crippen LogP contribution in [0.2, 0.25) is 0 Å². The number of fused-ring (bicyclic) bond motifs is 3. The van der Waals surface area contributed by atoms with Crippen molar-refractivity contribution in [3.8, 4) is 0 Å². The molecular formula is C19H22N4O4. The molecule has 8 nitrogen and oxygen atoms in total. The summed E-state index contributed by atoms with van der Waals surface area (Å²) in [6, 6.07) is 7.03. The van der Waals surface area contributed by atoms with Gasteiger partial charge in [-0.3, -0.25) is 24.1 Å². The van der Waals surface area contributed by atoms with Crippen molar-refractivity contribution in [1.82, 2.24) is 15.1 Å². The topological polar surface area (TPSA) is 90.0 Å². The van der Waals surface area contributed by atoms with Crippen LogP contribution >= 0.6 is 0 Å². The zero-order valence-corrected chi connectivity index (χ0v) is 15.2. The third-order valence-electron chi connectivity index (χ3n) is 5.70. The second-order valence-electron chi connectivity index (χ2n) is 7.34. The molecule has 1 aromatic carbocycles. The van der Waals surface area contributed by atoms with Gasteiger partial charge in [0.05, 0.1) is 11.3 Å². The fraction of sp³-hybridized carbons (Fsp3) is 0.474. The van der Waals surface area contributed by atoms with Crippen LogP contribution in [0.15, 0.2) is 24.3 Å². The largest absolute Gasteiger partial charge is 0.354 e. The van der Waals surface area contributed by atoms with E-state index in [4.69, 9.17) is 0 Å². The van der Waals surface area contributed by atoms with E-state index in [1.165, 1.54) is 4.90 Å². The van der Waals surface area contributed by atoms with E-state index in [1.54, 1.807) is 34.1 Å². The van der Waals surface area contributed by atoms with E-state index >= 15 is 0 Å². The van der Waals surface area contributed by atoms with Crippen molar-refractivity contribution < 1.29 is 19.2 Å². The number of rotatable bonds is 2. The number of para-hydroxylation sites is 1. The maximum Gasteiger partial charge on any atom is 0.258 e. The summed E-state index contributed by atoms with van der Waals surface area (Å²) in [5, 5.41) is 2.74. The van der Waals surface area contributed by atoms with Gasteiger partial charge in [0.2, 0.25) is 17.7 Å². The summed E-state index contributed by atoms with van der Waals surface area (Å²) in [5.74, 6) is -0.566. The SMILES string of the molecule is CC12CCC(=O)N1c1ccccc1C(=O)N2CC(=O)N1CCNC(=O)CC1. The third-order valence-corrected chi connectivity index (χ3v) is 5.70. The highest BCUT2D eigenvalue weighted by Crippen LogP contribution is 2.43. The smallest absolute Gasteiger partial charge is 0.258 e. The van der Waals surface area contributed by atoms with Gasteiger partial charge in [-0.15, -0.1) is 0 Å². The maximum absolute atomic E-state index is 13.2. The van der Waals surface area contributed by atoms with E-state index < -0.39 is 5.66 Å². The van der Waals surface area contributed by atoms with E-state index in [9.17, 15) is 19.2 Å². The van der Waals surface area contributed by atoms with Gasteiger partial charge in [-0.2, -0.15) is 0 Å². The number of amides is 4. The zero-order valence-electron chi connectivity index (χ0n) is 15.2. The van der Waals surface area contributed by atoms with Crippen LogP contribution in [-0.4, -0.2) is 65.3 Å². The molecule has 27 heavy (non-hydrogen) atoms. The van der Waals surface area contributed by atoms with Crippen molar-refractivity contribution in [2.75, 3.05) is 31.1 Å². The highest BCUT2D eigenvalue weighted by atomic mass is 16.2. The van der Waals surface area contributed by atoms with Gasteiger partial charge in [-0.25, -0.2) is 0 Å². The molecule has 3 heterocycles. The van der Waals surface area contributed by atoms with E-state index in [1.807, 2.05) is 6.92 Å². The molecule has 0 bridgehead atoms. The number of carbonyl (C=O) groups is 4. The summed E-state index contributed by atoms with van der Waals surface area (Å²) in [6.45, 7) is 2.89. The third kappa shape index (κ3) is 2.75. The first-order valence-corrected chi connectivity index (χ1v) is 9.20. The molecule has 2 saturated heterocycles. The van der Waals surface area contributed by atoms with Gasteiger partial charge in [-0.1, -0.05) is 12.1 Å². The minimum Gasteiger partial charge on any atom is -0.354 e. The molecule has 1 N–H and O–H groups in total. The zero-order chi connectivity index (χ0) is 19.2. The summed E-state index contributed by atoms with van der Waals surface area (Å²) < 4.78 is 0. The summed E-state index contributed by atoms with van der Waals surface area (Å²) in [7, 11) is 0. The minimum absolute atomic E-state index is 0.0422. The molecule has 0 saturated carbocycles. The Balaban J connectivity index is 1.64. The first kappa shape index (κ1) is 17.5. The number of hydrogen-bond donors (Lipinski definition) is 1. The molecule has 142 valence electrons. The molecule has 4 amide bonds. The number of anilines is 1. The molecule has 2 fully saturated rings. The van der Waals surface area contributed by atoms with E-state index in [-0.39, 0.29) is 36.6 Å². The van der Waals surface area contributed by atoms with Crippen molar-refractivity contribution in [3.05, 3.63) is 29.8 Å². The summed E-state index contributed by atoms with van der Waals surface area (Å²) >= 11 is 0. The minimum atomic E-state index is -0.849. The Morgan fingerprint density at radius 1 is 1.15 bits per heavy atom. The number of carbonyl (C=O) groups excluding carboxylic acids is 4. The lowest BCUT2D eigenvalue weighted by Crippen LogP contribution is -2.64. The highest BCUT2D eigenvalue weighted by molar-refractivity contribution is 6.11. The van der Waals surface area contributed by atoms with E-state index in [0.717, 1.165) is 0 Å². The van der Waals surface area contributed by atoms with Crippen LogP contribution in [0.4, 0.5) is 5.69 Å². The fourth-order valence-corrected chi connectivity index (χ4v) is 4.19. The number of nitrogens with one attached hydrogen (secondary N) is 1. The number of hydrogen-bond acceptors (Lipinski definition) is 4. The monoisotopic (exact) mass is 370 g/mol. The standard InChI is InChI=1S/C19H22N4O4/c1-19-8-6-16(25)23(19)14-5-3-2-4-13(14)18(27)22(19)12-17(26)21-10-7-15(24)20-9-11-21/h2-5H,6-12H2,1H3,(H,20,24). The lowest BCUT2D eigenvalue weighted by atomic mass is 9.98. The normalized spacial score (nSPS) is 25.1. The van der Waals surface area contributed by atoms with Crippen LogP contribution in [0.25, 0.3) is 0 Å². The van der Waals surface area contributed by atoms with Crippen molar-refractivity contribution in [2.24, 2.45) is 0 Å². The second-order valence-corrected chi connectivity index (χ2v) is 7.34. The van der Waals surface area contributed by atoms with Gasteiger partial charge in [0.1, 0.15) is 12.2 Å². The van der Waals surface area contributed by atoms with E-state index in [2.05, 4.69) is 5.32 Å². The molecule has 0 aromatic heterocycles. The molecule has 1 aromatic rings. The first-order valence-electron chi connectivity index (χ1n) is 9.20. The van der Waals surface area contributed by atoms with Gasteiger partial charge in [-0.05, 0) is 25.5 Å². The van der Waals surface area contributed by atoms with Gasteiger partial charge in [0.25, 0.3) is 5.91 Å². The average Bonchev–Trinajstić information content (AvgIpc) is 2.81. The first-order chi connectivity index (χ1) is 12.9. The Hall–Kier alpha value is -2.90. The molecule has 1 unspecified atom stereocenters. The fourth-order valence-electron chi connectivity index (χ4n) is 4.19. The Morgan fingerprint density at radius 3 is 2.74 bits per heavy atom. The Labute approximate surface area is 157 Å². The maximum atomic E-state index is 13.2. The molecule has 4 rings (SSSR count). The van der Waals surface area contributed by atoms with Gasteiger partial charge >= 0.3 is 0 Å². The van der Waals surface area contributed by atoms with Crippen LogP contribution in [0.3, 0.4) is 0 Å². The van der Waals surface area contributed by atoms with Crippen LogP contribution in [0.5, 0.6) is 0 Å². The Bertz CT molecular complexity index is 839. The molecule has 8 heteroatoms. The van der Waals surface area contributed by atoms with Gasteiger partial charge in [0.15, 0.2) is 0 Å².